The lowest BCUT2D eigenvalue weighted by atomic mass is 10.1. The van der Waals surface area contributed by atoms with E-state index in [1.165, 1.54) is 0 Å². The van der Waals surface area contributed by atoms with Crippen molar-refractivity contribution in [3.63, 3.8) is 0 Å². The topological polar surface area (TPSA) is 65.2 Å². The molecule has 0 spiro atoms. The summed E-state index contributed by atoms with van der Waals surface area (Å²) < 4.78 is 41.7. The van der Waals surface area contributed by atoms with E-state index in [9.17, 15) is 18.0 Å². The third-order valence-electron chi connectivity index (χ3n) is 2.03. The summed E-state index contributed by atoms with van der Waals surface area (Å²) in [5.74, 6) is -0.799. The molecule has 1 heterocycles. The van der Waals surface area contributed by atoms with Gasteiger partial charge in [-0.2, -0.15) is 13.2 Å². The second kappa shape index (κ2) is 5.53. The first-order valence-corrected chi connectivity index (χ1v) is 5.30. The van der Waals surface area contributed by atoms with Crippen LogP contribution in [0.4, 0.5) is 13.2 Å². The van der Waals surface area contributed by atoms with E-state index in [1.54, 1.807) is 6.92 Å². The molecule has 100 valence electrons. The number of carbonyl (C=O) groups is 1. The maximum Gasteiger partial charge on any atom is 0.417 e. The Balaban J connectivity index is 3.02. The van der Waals surface area contributed by atoms with Gasteiger partial charge < -0.3 is 10.5 Å². The lowest BCUT2D eigenvalue weighted by molar-refractivity contribution is -0.144. The van der Waals surface area contributed by atoms with Crippen molar-refractivity contribution in [1.82, 2.24) is 4.98 Å². The van der Waals surface area contributed by atoms with E-state index in [2.05, 4.69) is 9.72 Å². The summed E-state index contributed by atoms with van der Waals surface area (Å²) >= 11 is 5.62. The first-order chi connectivity index (χ1) is 8.27. The number of aromatic nitrogens is 1. The number of nitrogens with two attached hydrogens (primary N) is 1. The van der Waals surface area contributed by atoms with Crippen LogP contribution in [-0.2, 0) is 15.7 Å². The number of hydrogen-bond donors (Lipinski definition) is 1. The molecule has 4 nitrogen and oxygen atoms in total. The fourth-order valence-corrected chi connectivity index (χ4v) is 1.46. The van der Waals surface area contributed by atoms with Gasteiger partial charge in [0.25, 0.3) is 0 Å². The first kappa shape index (κ1) is 14.7. The Kier molecular flexibility index (Phi) is 4.53. The molecule has 18 heavy (non-hydrogen) atoms. The van der Waals surface area contributed by atoms with Crippen molar-refractivity contribution in [3.05, 3.63) is 28.5 Å². The molecule has 1 rings (SSSR count). The zero-order valence-corrected chi connectivity index (χ0v) is 10.0. The average Bonchev–Trinajstić information content (AvgIpc) is 2.27. The highest BCUT2D eigenvalue weighted by molar-refractivity contribution is 6.31. The Morgan fingerprint density at radius 2 is 2.22 bits per heavy atom. The van der Waals surface area contributed by atoms with Gasteiger partial charge in [-0.3, -0.25) is 4.98 Å². The number of nitrogens with zero attached hydrogens (tertiary/aromatic N) is 1. The molecule has 0 fully saturated rings. The Morgan fingerprint density at radius 3 is 2.67 bits per heavy atom. The third-order valence-corrected chi connectivity index (χ3v) is 2.33. The largest absolute Gasteiger partial charge is 0.465 e. The summed E-state index contributed by atoms with van der Waals surface area (Å²) in [6, 6.07) is -0.636. The highest BCUT2D eigenvalue weighted by atomic mass is 35.5. The Morgan fingerprint density at radius 1 is 1.61 bits per heavy atom. The van der Waals surface area contributed by atoms with E-state index in [1.807, 2.05) is 0 Å². The standard InChI is InChI=1S/C10H10ClF3N2O2/c1-2-18-9(17)7(15)8-6(11)3-5(4-16-8)10(12,13)14/h3-4,7H,2,15H2,1H3. The van der Waals surface area contributed by atoms with Crippen LogP contribution in [0.1, 0.15) is 24.2 Å². The molecule has 0 saturated heterocycles. The van der Waals surface area contributed by atoms with Gasteiger partial charge in [-0.25, -0.2) is 4.79 Å². The van der Waals surface area contributed by atoms with Gasteiger partial charge in [0.15, 0.2) is 0 Å². The van der Waals surface area contributed by atoms with Crippen molar-refractivity contribution in [1.29, 1.82) is 0 Å². The highest BCUT2D eigenvalue weighted by Gasteiger charge is 2.32. The molecular weight excluding hydrogens is 273 g/mol. The molecule has 1 aromatic heterocycles. The number of rotatable bonds is 3. The van der Waals surface area contributed by atoms with Crippen molar-refractivity contribution in [3.8, 4) is 0 Å². The number of alkyl halides is 3. The molecule has 1 unspecified atom stereocenters. The van der Waals surface area contributed by atoms with E-state index in [4.69, 9.17) is 17.3 Å². The SMILES string of the molecule is CCOC(=O)C(N)c1ncc(C(F)(F)F)cc1Cl. The summed E-state index contributed by atoms with van der Waals surface area (Å²) in [4.78, 5) is 14.8. The maximum absolute atomic E-state index is 12.4. The van der Waals surface area contributed by atoms with Gasteiger partial charge in [0.1, 0.15) is 6.04 Å². The van der Waals surface area contributed by atoms with Gasteiger partial charge in [-0.1, -0.05) is 11.6 Å². The number of carbonyl (C=O) groups excluding carboxylic acids is 1. The molecule has 0 aliphatic heterocycles. The van der Waals surface area contributed by atoms with Crippen molar-refractivity contribution >= 4 is 17.6 Å². The summed E-state index contributed by atoms with van der Waals surface area (Å²) in [5, 5.41) is -0.328. The Labute approximate surface area is 106 Å². The zero-order chi connectivity index (χ0) is 13.9. The monoisotopic (exact) mass is 282 g/mol. The van der Waals surface area contributed by atoms with Crippen LogP contribution >= 0.6 is 11.6 Å². The van der Waals surface area contributed by atoms with Crippen molar-refractivity contribution in [2.45, 2.75) is 19.1 Å². The van der Waals surface area contributed by atoms with Crippen molar-refractivity contribution in [2.24, 2.45) is 5.73 Å². The van der Waals surface area contributed by atoms with Gasteiger partial charge in [0.2, 0.25) is 0 Å². The normalized spacial score (nSPS) is 13.2. The second-order valence-corrected chi connectivity index (χ2v) is 3.73. The molecule has 0 aliphatic carbocycles. The van der Waals surface area contributed by atoms with Gasteiger partial charge >= 0.3 is 12.1 Å². The predicted molar refractivity (Wildman–Crippen MR) is 57.8 cm³/mol. The molecule has 0 amide bonds. The number of halogens is 4. The van der Waals surface area contributed by atoms with E-state index in [0.717, 1.165) is 0 Å². The van der Waals surface area contributed by atoms with E-state index in [0.29, 0.717) is 12.3 Å². The van der Waals surface area contributed by atoms with Gasteiger partial charge in [-0.15, -0.1) is 0 Å². The summed E-state index contributed by atoms with van der Waals surface area (Å²) in [7, 11) is 0. The third kappa shape index (κ3) is 3.33. The molecule has 0 aliphatic rings. The van der Waals surface area contributed by atoms with E-state index in [-0.39, 0.29) is 17.3 Å². The zero-order valence-electron chi connectivity index (χ0n) is 9.29. The maximum atomic E-state index is 12.4. The van der Waals surface area contributed by atoms with Gasteiger partial charge in [0, 0.05) is 6.20 Å². The molecular formula is C10H10ClF3N2O2. The van der Waals surface area contributed by atoms with Crippen molar-refractivity contribution < 1.29 is 22.7 Å². The van der Waals surface area contributed by atoms with Crippen LogP contribution in [0, 0.1) is 0 Å². The lowest BCUT2D eigenvalue weighted by Gasteiger charge is -2.13. The van der Waals surface area contributed by atoms with Gasteiger partial charge in [-0.05, 0) is 13.0 Å². The van der Waals surface area contributed by atoms with Gasteiger partial charge in [0.05, 0.1) is 22.9 Å². The smallest absolute Gasteiger partial charge is 0.417 e. The minimum atomic E-state index is -4.55. The van der Waals surface area contributed by atoms with E-state index < -0.39 is 23.8 Å². The number of ether oxygens (including phenoxy) is 1. The van der Waals surface area contributed by atoms with Crippen LogP contribution in [0.2, 0.25) is 5.02 Å². The molecule has 0 aromatic carbocycles. The minimum Gasteiger partial charge on any atom is -0.465 e. The summed E-state index contributed by atoms with van der Waals surface area (Å²) in [6.07, 6.45) is -3.98. The molecule has 0 saturated carbocycles. The molecule has 1 aromatic rings. The molecule has 2 N–H and O–H groups in total. The quantitative estimate of drug-likeness (QED) is 0.864. The van der Waals surface area contributed by atoms with Crippen molar-refractivity contribution in [2.75, 3.05) is 6.61 Å². The molecule has 0 bridgehead atoms. The first-order valence-electron chi connectivity index (χ1n) is 4.92. The number of hydrogen-bond acceptors (Lipinski definition) is 4. The van der Waals surface area contributed by atoms with Crippen LogP contribution in [0.15, 0.2) is 12.3 Å². The summed E-state index contributed by atoms with van der Waals surface area (Å²) in [5.41, 5.74) is 4.32. The number of pyridine rings is 1. The summed E-state index contributed by atoms with van der Waals surface area (Å²) in [6.45, 7) is 1.68. The van der Waals surface area contributed by atoms with E-state index >= 15 is 0 Å². The highest BCUT2D eigenvalue weighted by Crippen LogP contribution is 2.32. The lowest BCUT2D eigenvalue weighted by Crippen LogP contribution is -2.25. The van der Waals surface area contributed by atoms with Crippen LogP contribution in [0.3, 0.4) is 0 Å². The van der Waals surface area contributed by atoms with Crippen LogP contribution in [0.5, 0.6) is 0 Å². The minimum absolute atomic E-state index is 0.102. The predicted octanol–water partition coefficient (Wildman–Crippen LogP) is 2.32. The molecule has 1 atom stereocenters. The molecule has 8 heteroatoms. The average molecular weight is 283 g/mol. The Hall–Kier alpha value is -1.34. The Bertz CT molecular complexity index is 451. The van der Waals surface area contributed by atoms with Crippen LogP contribution in [-0.4, -0.2) is 17.6 Å². The fraction of sp³-hybridized carbons (Fsp3) is 0.400. The fourth-order valence-electron chi connectivity index (χ4n) is 1.18. The molecule has 0 radical (unpaired) electrons. The van der Waals surface area contributed by atoms with Crippen LogP contribution < -0.4 is 5.73 Å². The number of esters is 1. The van der Waals surface area contributed by atoms with Crippen LogP contribution in [0.25, 0.3) is 0 Å². The second-order valence-electron chi connectivity index (χ2n) is 3.32.